The predicted octanol–water partition coefficient (Wildman–Crippen LogP) is 1.56. The quantitative estimate of drug-likeness (QED) is 0.509. The summed E-state index contributed by atoms with van der Waals surface area (Å²) in [6.07, 6.45) is 8.34. The van der Waals surface area contributed by atoms with E-state index in [-0.39, 0.29) is 0 Å². The highest BCUT2D eigenvalue weighted by Crippen LogP contribution is 2.25. The Morgan fingerprint density at radius 2 is 2.45 bits per heavy atom. The van der Waals surface area contributed by atoms with Crippen LogP contribution in [0.3, 0.4) is 0 Å². The summed E-state index contributed by atoms with van der Waals surface area (Å²) in [6.45, 7) is 1.13. The van der Waals surface area contributed by atoms with Gasteiger partial charge in [-0.1, -0.05) is 6.08 Å². The van der Waals surface area contributed by atoms with Crippen molar-refractivity contribution in [3.63, 3.8) is 0 Å². The van der Waals surface area contributed by atoms with Gasteiger partial charge in [-0.3, -0.25) is 0 Å². The Morgan fingerprint density at radius 1 is 1.55 bits per heavy atom. The smallest absolute Gasteiger partial charge is 0.127 e. The van der Waals surface area contributed by atoms with Crippen LogP contribution in [0.2, 0.25) is 0 Å². The maximum atomic E-state index is 4.36. The van der Waals surface area contributed by atoms with E-state index in [0.717, 1.165) is 13.0 Å². The van der Waals surface area contributed by atoms with Crippen LogP contribution in [-0.4, -0.2) is 24.7 Å². The number of nitrogens with zero attached hydrogens (tertiary/aromatic N) is 2. The van der Waals surface area contributed by atoms with Gasteiger partial charge in [-0.05, 0) is 24.5 Å². The molecule has 2 aliphatic heterocycles. The van der Waals surface area contributed by atoms with E-state index in [1.54, 1.807) is 0 Å². The number of aliphatic imine (C=N–C) groups is 1. The van der Waals surface area contributed by atoms with Gasteiger partial charge in [-0.2, -0.15) is 0 Å². The first kappa shape index (κ1) is 6.65. The van der Waals surface area contributed by atoms with Gasteiger partial charge in [0.15, 0.2) is 0 Å². The minimum Gasteiger partial charge on any atom is -0.359 e. The van der Waals surface area contributed by atoms with Gasteiger partial charge in [-0.15, -0.1) is 0 Å². The molecule has 2 aliphatic rings. The first-order chi connectivity index (χ1) is 5.38. The lowest BCUT2D eigenvalue weighted by Crippen LogP contribution is -2.11. The molecule has 2 heteroatoms. The van der Waals surface area contributed by atoms with Crippen LogP contribution >= 0.6 is 0 Å². The largest absolute Gasteiger partial charge is 0.359 e. The van der Waals surface area contributed by atoms with Crippen LogP contribution in [0.4, 0.5) is 0 Å². The number of rotatable bonds is 0. The third-order valence-corrected chi connectivity index (χ3v) is 2.21. The van der Waals surface area contributed by atoms with E-state index in [9.17, 15) is 0 Å². The van der Waals surface area contributed by atoms with E-state index in [1.807, 2.05) is 12.3 Å². The third kappa shape index (κ3) is 1.09. The van der Waals surface area contributed by atoms with Crippen molar-refractivity contribution in [3.05, 3.63) is 23.5 Å². The minimum absolute atomic E-state index is 1.08. The van der Waals surface area contributed by atoms with Crippen molar-refractivity contribution in [1.82, 2.24) is 4.90 Å². The first-order valence-corrected chi connectivity index (χ1v) is 4.00. The van der Waals surface area contributed by atoms with Gasteiger partial charge in [-0.25, -0.2) is 4.99 Å². The highest BCUT2D eigenvalue weighted by Gasteiger charge is 2.17. The average molecular weight is 148 g/mol. The van der Waals surface area contributed by atoms with Gasteiger partial charge in [0.05, 0.1) is 0 Å². The molecule has 0 spiro atoms. The van der Waals surface area contributed by atoms with Crippen LogP contribution in [0.25, 0.3) is 0 Å². The summed E-state index contributed by atoms with van der Waals surface area (Å²) in [5.41, 5.74) is 1.48. The van der Waals surface area contributed by atoms with Crippen LogP contribution < -0.4 is 0 Å². The lowest BCUT2D eigenvalue weighted by Gasteiger charge is -2.10. The molecule has 0 aromatic carbocycles. The van der Waals surface area contributed by atoms with Gasteiger partial charge in [0.25, 0.3) is 0 Å². The van der Waals surface area contributed by atoms with E-state index < -0.39 is 0 Å². The Labute approximate surface area is 66.9 Å². The number of hydrogen-bond donors (Lipinski definition) is 0. The second-order valence-electron chi connectivity index (χ2n) is 3.01. The number of allylic oxidation sites excluding steroid dienone is 2. The third-order valence-electron chi connectivity index (χ3n) is 2.21. The van der Waals surface area contributed by atoms with Crippen LogP contribution in [0.15, 0.2) is 28.5 Å². The molecule has 58 valence electrons. The molecule has 11 heavy (non-hydrogen) atoms. The zero-order valence-corrected chi connectivity index (χ0v) is 6.75. The Kier molecular flexibility index (Phi) is 1.53. The molecule has 0 N–H and O–H groups in total. The van der Waals surface area contributed by atoms with Crippen molar-refractivity contribution in [1.29, 1.82) is 0 Å². The minimum atomic E-state index is 1.08. The van der Waals surface area contributed by atoms with E-state index in [0.29, 0.717) is 0 Å². The lowest BCUT2D eigenvalue weighted by molar-refractivity contribution is 0.455. The molecule has 0 aromatic heterocycles. The molecule has 2 heterocycles. The molecule has 0 aliphatic carbocycles. The molecule has 0 radical (unpaired) electrons. The molecule has 0 amide bonds. The summed E-state index contributed by atoms with van der Waals surface area (Å²) >= 11 is 0. The molecule has 0 unspecified atom stereocenters. The van der Waals surface area contributed by atoms with Gasteiger partial charge < -0.3 is 4.90 Å². The zero-order chi connectivity index (χ0) is 7.68. The SMILES string of the molecule is CN1CCC2=C1N=CC=CC2. The molecular weight excluding hydrogens is 136 g/mol. The highest BCUT2D eigenvalue weighted by atomic mass is 15.2. The summed E-state index contributed by atoms with van der Waals surface area (Å²) in [7, 11) is 2.10. The van der Waals surface area contributed by atoms with E-state index in [1.165, 1.54) is 17.8 Å². The molecule has 0 fully saturated rings. The van der Waals surface area contributed by atoms with Crippen LogP contribution in [0.1, 0.15) is 12.8 Å². The average Bonchev–Trinajstić information content (AvgIpc) is 2.25. The van der Waals surface area contributed by atoms with Crippen LogP contribution in [0.5, 0.6) is 0 Å². The topological polar surface area (TPSA) is 15.6 Å². The molecule has 0 bridgehead atoms. The van der Waals surface area contributed by atoms with Crippen molar-refractivity contribution >= 4 is 6.21 Å². The Hall–Kier alpha value is -1.05. The maximum Gasteiger partial charge on any atom is 0.127 e. The molecule has 2 rings (SSSR count). The maximum absolute atomic E-state index is 4.36. The van der Waals surface area contributed by atoms with Gasteiger partial charge in [0, 0.05) is 19.8 Å². The van der Waals surface area contributed by atoms with E-state index in [4.69, 9.17) is 0 Å². The normalized spacial score (nSPS) is 22.5. The van der Waals surface area contributed by atoms with Gasteiger partial charge in [0.1, 0.15) is 5.82 Å². The van der Waals surface area contributed by atoms with Crippen LogP contribution in [0, 0.1) is 0 Å². The molecule has 0 saturated heterocycles. The Morgan fingerprint density at radius 3 is 3.36 bits per heavy atom. The van der Waals surface area contributed by atoms with Crippen molar-refractivity contribution in [3.8, 4) is 0 Å². The van der Waals surface area contributed by atoms with Gasteiger partial charge >= 0.3 is 0 Å². The Bertz CT molecular complexity index is 248. The zero-order valence-electron chi connectivity index (χ0n) is 6.75. The van der Waals surface area contributed by atoms with Crippen molar-refractivity contribution in [2.75, 3.05) is 13.6 Å². The molecule has 2 nitrogen and oxygen atoms in total. The lowest BCUT2D eigenvalue weighted by atomic mass is 10.1. The standard InChI is InChI=1S/C9H12N2/c1-11-7-5-8-4-2-3-6-10-9(8)11/h2-3,6H,4-5,7H2,1H3. The summed E-state index contributed by atoms with van der Waals surface area (Å²) in [5, 5.41) is 0. The van der Waals surface area contributed by atoms with E-state index >= 15 is 0 Å². The fourth-order valence-corrected chi connectivity index (χ4v) is 1.56. The summed E-state index contributed by atoms with van der Waals surface area (Å²) in [4.78, 5) is 6.58. The Balaban J connectivity index is 2.32. The molecular formula is C9H12N2. The monoisotopic (exact) mass is 148 g/mol. The second-order valence-corrected chi connectivity index (χ2v) is 3.01. The molecule has 0 saturated carbocycles. The highest BCUT2D eigenvalue weighted by molar-refractivity contribution is 5.73. The van der Waals surface area contributed by atoms with Gasteiger partial charge in [0.2, 0.25) is 0 Å². The summed E-state index contributed by atoms with van der Waals surface area (Å²) < 4.78 is 0. The summed E-state index contributed by atoms with van der Waals surface area (Å²) in [5.74, 6) is 1.19. The molecule has 0 atom stereocenters. The second kappa shape index (κ2) is 2.53. The van der Waals surface area contributed by atoms with E-state index in [2.05, 4.69) is 23.0 Å². The number of hydrogen-bond acceptors (Lipinski definition) is 2. The molecule has 0 aromatic rings. The van der Waals surface area contributed by atoms with Crippen molar-refractivity contribution in [2.24, 2.45) is 4.99 Å². The summed E-state index contributed by atoms with van der Waals surface area (Å²) in [6, 6.07) is 0. The predicted molar refractivity (Wildman–Crippen MR) is 46.5 cm³/mol. The van der Waals surface area contributed by atoms with Crippen LogP contribution in [-0.2, 0) is 0 Å². The van der Waals surface area contributed by atoms with Crippen molar-refractivity contribution < 1.29 is 0 Å². The first-order valence-electron chi connectivity index (χ1n) is 4.00. The fourth-order valence-electron chi connectivity index (χ4n) is 1.56. The fraction of sp³-hybridized carbons (Fsp3) is 0.444. The van der Waals surface area contributed by atoms with Crippen molar-refractivity contribution in [2.45, 2.75) is 12.8 Å².